The molecule has 21 heavy (non-hydrogen) atoms. The summed E-state index contributed by atoms with van der Waals surface area (Å²) >= 11 is 0. The molecular formula is C14H15FN4O2. The Hall–Kier alpha value is -2.62. The molecule has 6 nitrogen and oxygen atoms in total. The lowest BCUT2D eigenvalue weighted by Crippen LogP contribution is -2.45. The van der Waals surface area contributed by atoms with Crippen LogP contribution in [0.1, 0.15) is 17.5 Å². The number of benzene rings is 1. The van der Waals surface area contributed by atoms with E-state index in [1.807, 2.05) is 6.07 Å². The minimum atomic E-state index is -0.537. The van der Waals surface area contributed by atoms with Crippen molar-refractivity contribution in [1.29, 1.82) is 5.26 Å². The predicted octanol–water partition coefficient (Wildman–Crippen LogP) is 0.727. The van der Waals surface area contributed by atoms with Crippen molar-refractivity contribution in [3.63, 3.8) is 0 Å². The number of hydrogen-bond acceptors (Lipinski definition) is 3. The molecule has 1 aliphatic rings. The molecule has 1 fully saturated rings. The van der Waals surface area contributed by atoms with Crippen molar-refractivity contribution in [3.05, 3.63) is 35.1 Å². The second-order valence-corrected chi connectivity index (χ2v) is 4.85. The van der Waals surface area contributed by atoms with Crippen molar-refractivity contribution < 1.29 is 14.0 Å². The maximum atomic E-state index is 13.5. The minimum Gasteiger partial charge on any atom is -0.344 e. The number of nitrogens with zero attached hydrogens (tertiary/aromatic N) is 2. The SMILES string of the molecule is CN1CCC(NC(=O)NCc2cc(C#N)ccc2F)C1=O. The number of carbonyl (C=O) groups is 2. The molecule has 0 bridgehead atoms. The minimum absolute atomic E-state index is 0.0517. The van der Waals surface area contributed by atoms with Crippen molar-refractivity contribution in [3.8, 4) is 6.07 Å². The molecule has 1 aromatic carbocycles. The standard InChI is InChI=1S/C14H15FN4O2/c1-19-5-4-12(13(19)20)18-14(21)17-8-10-6-9(7-16)2-3-11(10)15/h2-3,6,12H,4-5,8H2,1H3,(H2,17,18,21). The summed E-state index contributed by atoms with van der Waals surface area (Å²) in [6, 6.07) is 4.76. The third-order valence-electron chi connectivity index (χ3n) is 3.35. The van der Waals surface area contributed by atoms with Crippen molar-refractivity contribution >= 4 is 11.9 Å². The van der Waals surface area contributed by atoms with Crippen LogP contribution in [0.4, 0.5) is 9.18 Å². The fourth-order valence-electron chi connectivity index (χ4n) is 2.12. The van der Waals surface area contributed by atoms with Gasteiger partial charge in [-0.3, -0.25) is 4.79 Å². The van der Waals surface area contributed by atoms with Gasteiger partial charge in [-0.05, 0) is 24.6 Å². The number of likely N-dealkylation sites (tertiary alicyclic amines) is 1. The summed E-state index contributed by atoms with van der Waals surface area (Å²) in [4.78, 5) is 24.9. The number of nitriles is 1. The number of carbonyl (C=O) groups excluding carboxylic acids is 2. The van der Waals surface area contributed by atoms with Crippen molar-refractivity contribution in [2.75, 3.05) is 13.6 Å². The summed E-state index contributed by atoms with van der Waals surface area (Å²) in [5.74, 6) is -0.631. The van der Waals surface area contributed by atoms with E-state index in [2.05, 4.69) is 10.6 Å². The molecule has 1 heterocycles. The van der Waals surface area contributed by atoms with E-state index in [0.717, 1.165) is 0 Å². The first-order chi connectivity index (χ1) is 10.0. The predicted molar refractivity (Wildman–Crippen MR) is 72.5 cm³/mol. The van der Waals surface area contributed by atoms with E-state index in [1.165, 1.54) is 18.2 Å². The van der Waals surface area contributed by atoms with Gasteiger partial charge in [0.1, 0.15) is 11.9 Å². The highest BCUT2D eigenvalue weighted by molar-refractivity contribution is 5.88. The molecule has 1 saturated heterocycles. The van der Waals surface area contributed by atoms with E-state index in [1.54, 1.807) is 11.9 Å². The van der Waals surface area contributed by atoms with Gasteiger partial charge in [0.15, 0.2) is 0 Å². The Kier molecular flexibility index (Phi) is 4.38. The lowest BCUT2D eigenvalue weighted by atomic mass is 10.1. The molecule has 3 amide bonds. The molecule has 1 atom stereocenters. The molecule has 0 aliphatic carbocycles. The fraction of sp³-hybridized carbons (Fsp3) is 0.357. The number of amides is 3. The Morgan fingerprint density at radius 2 is 2.33 bits per heavy atom. The Morgan fingerprint density at radius 3 is 2.95 bits per heavy atom. The Bertz CT molecular complexity index is 611. The van der Waals surface area contributed by atoms with Crippen LogP contribution in [-0.4, -0.2) is 36.5 Å². The quantitative estimate of drug-likeness (QED) is 0.860. The number of likely N-dealkylation sites (N-methyl/N-ethyl adjacent to an activating group) is 1. The molecular weight excluding hydrogens is 275 g/mol. The fourth-order valence-corrected chi connectivity index (χ4v) is 2.12. The first-order valence-electron chi connectivity index (χ1n) is 6.49. The van der Waals surface area contributed by atoms with Crippen LogP contribution in [0.5, 0.6) is 0 Å². The summed E-state index contributed by atoms with van der Waals surface area (Å²) in [5.41, 5.74) is 0.542. The van der Waals surface area contributed by atoms with E-state index in [-0.39, 0.29) is 18.0 Å². The van der Waals surface area contributed by atoms with Crippen LogP contribution >= 0.6 is 0 Å². The first-order valence-corrected chi connectivity index (χ1v) is 6.49. The van der Waals surface area contributed by atoms with E-state index in [4.69, 9.17) is 5.26 Å². The Labute approximate surface area is 121 Å². The van der Waals surface area contributed by atoms with Gasteiger partial charge in [-0.15, -0.1) is 0 Å². The van der Waals surface area contributed by atoms with Gasteiger partial charge in [0.05, 0.1) is 11.6 Å². The lowest BCUT2D eigenvalue weighted by molar-refractivity contribution is -0.128. The molecule has 2 rings (SSSR count). The molecule has 0 radical (unpaired) electrons. The first kappa shape index (κ1) is 14.8. The zero-order valence-corrected chi connectivity index (χ0v) is 11.5. The van der Waals surface area contributed by atoms with Crippen LogP contribution in [0.25, 0.3) is 0 Å². The number of halogens is 1. The van der Waals surface area contributed by atoms with Gasteiger partial charge in [0, 0.05) is 25.7 Å². The van der Waals surface area contributed by atoms with E-state index < -0.39 is 17.9 Å². The molecule has 1 aliphatic heterocycles. The number of hydrogen-bond donors (Lipinski definition) is 2. The normalized spacial score (nSPS) is 17.5. The van der Waals surface area contributed by atoms with E-state index in [9.17, 15) is 14.0 Å². The van der Waals surface area contributed by atoms with Crippen LogP contribution in [-0.2, 0) is 11.3 Å². The van der Waals surface area contributed by atoms with Gasteiger partial charge in [0.25, 0.3) is 0 Å². The van der Waals surface area contributed by atoms with Crippen molar-refractivity contribution in [1.82, 2.24) is 15.5 Å². The smallest absolute Gasteiger partial charge is 0.315 e. The Balaban J connectivity index is 1.90. The Morgan fingerprint density at radius 1 is 1.57 bits per heavy atom. The number of nitrogens with one attached hydrogen (secondary N) is 2. The van der Waals surface area contributed by atoms with Gasteiger partial charge >= 0.3 is 6.03 Å². The highest BCUT2D eigenvalue weighted by Crippen LogP contribution is 2.10. The topological polar surface area (TPSA) is 85.2 Å². The molecule has 7 heteroatoms. The second-order valence-electron chi connectivity index (χ2n) is 4.85. The van der Waals surface area contributed by atoms with Crippen LogP contribution < -0.4 is 10.6 Å². The maximum Gasteiger partial charge on any atom is 0.315 e. The van der Waals surface area contributed by atoms with Crippen LogP contribution in [0.3, 0.4) is 0 Å². The molecule has 1 aromatic rings. The van der Waals surface area contributed by atoms with Gasteiger partial charge < -0.3 is 15.5 Å². The molecule has 0 spiro atoms. The summed E-state index contributed by atoms with van der Waals surface area (Å²) in [6.45, 7) is 0.548. The van der Waals surface area contributed by atoms with Crippen LogP contribution in [0, 0.1) is 17.1 Å². The lowest BCUT2D eigenvalue weighted by Gasteiger charge is -2.13. The summed E-state index contributed by atoms with van der Waals surface area (Å²) in [5, 5.41) is 13.8. The second kappa shape index (κ2) is 6.22. The van der Waals surface area contributed by atoms with Gasteiger partial charge in [0.2, 0.25) is 5.91 Å². The van der Waals surface area contributed by atoms with Gasteiger partial charge in [-0.25, -0.2) is 9.18 Å². The molecule has 2 N–H and O–H groups in total. The third kappa shape index (κ3) is 3.48. The van der Waals surface area contributed by atoms with E-state index in [0.29, 0.717) is 18.5 Å². The average molecular weight is 290 g/mol. The monoisotopic (exact) mass is 290 g/mol. The van der Waals surface area contributed by atoms with E-state index >= 15 is 0 Å². The number of urea groups is 1. The third-order valence-corrected chi connectivity index (χ3v) is 3.35. The summed E-state index contributed by atoms with van der Waals surface area (Å²) in [6.07, 6.45) is 0.557. The van der Waals surface area contributed by atoms with Crippen molar-refractivity contribution in [2.24, 2.45) is 0 Å². The molecule has 0 saturated carbocycles. The zero-order chi connectivity index (χ0) is 15.4. The highest BCUT2D eigenvalue weighted by atomic mass is 19.1. The average Bonchev–Trinajstić information content (AvgIpc) is 2.78. The highest BCUT2D eigenvalue weighted by Gasteiger charge is 2.30. The molecule has 0 aromatic heterocycles. The van der Waals surface area contributed by atoms with Crippen LogP contribution in [0.15, 0.2) is 18.2 Å². The summed E-state index contributed by atoms with van der Waals surface area (Å²) < 4.78 is 13.5. The largest absolute Gasteiger partial charge is 0.344 e. The number of rotatable bonds is 3. The van der Waals surface area contributed by atoms with Crippen molar-refractivity contribution in [2.45, 2.75) is 19.0 Å². The van der Waals surface area contributed by atoms with Gasteiger partial charge in [-0.2, -0.15) is 5.26 Å². The maximum absolute atomic E-state index is 13.5. The zero-order valence-electron chi connectivity index (χ0n) is 11.5. The molecule has 1 unspecified atom stereocenters. The summed E-state index contributed by atoms with van der Waals surface area (Å²) in [7, 11) is 1.67. The molecule has 110 valence electrons. The van der Waals surface area contributed by atoms with Gasteiger partial charge in [-0.1, -0.05) is 0 Å². The van der Waals surface area contributed by atoms with Crippen LogP contribution in [0.2, 0.25) is 0 Å².